The highest BCUT2D eigenvalue weighted by Gasteiger charge is 2.22. The normalized spacial score (nSPS) is 19.2. The molecule has 0 saturated carbocycles. The highest BCUT2D eigenvalue weighted by molar-refractivity contribution is 6.35. The summed E-state index contributed by atoms with van der Waals surface area (Å²) in [5.41, 5.74) is 2.16. The van der Waals surface area contributed by atoms with Gasteiger partial charge in [0.05, 0.1) is 12.1 Å². The SMILES string of the molecule is CN(CC(=O)O)C1CCCN(Cc2ccc(Cl)c3cccnc23)CC1. The summed E-state index contributed by atoms with van der Waals surface area (Å²) in [5.74, 6) is -0.762. The summed E-state index contributed by atoms with van der Waals surface area (Å²) in [6, 6.07) is 8.26. The van der Waals surface area contributed by atoms with E-state index in [-0.39, 0.29) is 6.54 Å². The molecular weight excluding hydrogens is 338 g/mol. The van der Waals surface area contributed by atoms with Gasteiger partial charge in [-0.15, -0.1) is 0 Å². The monoisotopic (exact) mass is 361 g/mol. The Bertz CT molecular complexity index is 753. The second-order valence-electron chi connectivity index (χ2n) is 6.78. The van der Waals surface area contributed by atoms with E-state index < -0.39 is 5.97 Å². The van der Waals surface area contributed by atoms with E-state index in [0.29, 0.717) is 6.04 Å². The summed E-state index contributed by atoms with van der Waals surface area (Å²) in [5, 5.41) is 10.7. The van der Waals surface area contributed by atoms with Crippen molar-refractivity contribution in [2.75, 3.05) is 26.7 Å². The van der Waals surface area contributed by atoms with Gasteiger partial charge in [-0.1, -0.05) is 17.7 Å². The lowest BCUT2D eigenvalue weighted by Gasteiger charge is -2.25. The molecule has 1 saturated heterocycles. The number of nitrogens with zero attached hydrogens (tertiary/aromatic N) is 3. The fourth-order valence-electron chi connectivity index (χ4n) is 3.64. The number of carbonyl (C=O) groups is 1. The fraction of sp³-hybridized carbons (Fsp3) is 0.474. The van der Waals surface area contributed by atoms with Crippen LogP contribution in [0.15, 0.2) is 30.5 Å². The molecule has 1 unspecified atom stereocenters. The molecule has 25 heavy (non-hydrogen) atoms. The Kier molecular flexibility index (Phi) is 5.89. The molecule has 5 nitrogen and oxygen atoms in total. The van der Waals surface area contributed by atoms with Crippen LogP contribution in [0.2, 0.25) is 5.02 Å². The standard InChI is InChI=1S/C19H24ClN3O2/c1-22(13-18(24)25)15-4-3-10-23(11-8-15)12-14-6-7-17(20)16-5-2-9-21-19(14)16/h2,5-7,9,15H,3-4,8,10-13H2,1H3,(H,24,25). The first-order valence-corrected chi connectivity index (χ1v) is 9.09. The minimum Gasteiger partial charge on any atom is -0.480 e. The number of halogens is 1. The van der Waals surface area contributed by atoms with Crippen LogP contribution in [0, 0.1) is 0 Å². The van der Waals surface area contributed by atoms with Crippen molar-refractivity contribution in [2.45, 2.75) is 31.8 Å². The molecule has 1 fully saturated rings. The number of rotatable bonds is 5. The zero-order valence-corrected chi connectivity index (χ0v) is 15.2. The highest BCUT2D eigenvalue weighted by Crippen LogP contribution is 2.26. The predicted octanol–water partition coefficient (Wildman–Crippen LogP) is 3.26. The molecule has 3 rings (SSSR count). The number of fused-ring (bicyclic) bond motifs is 1. The summed E-state index contributed by atoms with van der Waals surface area (Å²) < 4.78 is 0. The molecule has 2 aromatic rings. The van der Waals surface area contributed by atoms with Crippen molar-refractivity contribution in [2.24, 2.45) is 0 Å². The van der Waals surface area contributed by atoms with Crippen LogP contribution in [0.3, 0.4) is 0 Å². The van der Waals surface area contributed by atoms with Gasteiger partial charge < -0.3 is 5.11 Å². The number of aromatic nitrogens is 1. The van der Waals surface area contributed by atoms with Gasteiger partial charge in [0.1, 0.15) is 0 Å². The molecule has 134 valence electrons. The molecule has 0 radical (unpaired) electrons. The minimum atomic E-state index is -0.762. The first-order valence-electron chi connectivity index (χ1n) is 8.71. The summed E-state index contributed by atoms with van der Waals surface area (Å²) in [7, 11) is 1.91. The Balaban J connectivity index is 1.68. The Labute approximate surface area is 153 Å². The van der Waals surface area contributed by atoms with Crippen molar-refractivity contribution >= 4 is 28.5 Å². The first-order chi connectivity index (χ1) is 12.0. The zero-order chi connectivity index (χ0) is 17.8. The quantitative estimate of drug-likeness (QED) is 0.885. The van der Waals surface area contributed by atoms with Gasteiger partial charge in [0.15, 0.2) is 0 Å². The first kappa shape index (κ1) is 18.1. The zero-order valence-electron chi connectivity index (χ0n) is 14.5. The number of hydrogen-bond donors (Lipinski definition) is 1. The molecule has 1 aromatic carbocycles. The van der Waals surface area contributed by atoms with Gasteiger partial charge >= 0.3 is 5.97 Å². The van der Waals surface area contributed by atoms with Crippen LogP contribution in [-0.2, 0) is 11.3 Å². The van der Waals surface area contributed by atoms with Crippen LogP contribution in [0.25, 0.3) is 10.9 Å². The number of aliphatic carboxylic acids is 1. The van der Waals surface area contributed by atoms with E-state index in [2.05, 4.69) is 16.0 Å². The van der Waals surface area contributed by atoms with E-state index in [1.54, 1.807) is 0 Å². The van der Waals surface area contributed by atoms with Gasteiger partial charge in [-0.3, -0.25) is 19.6 Å². The largest absolute Gasteiger partial charge is 0.480 e. The van der Waals surface area contributed by atoms with Crippen molar-refractivity contribution in [3.05, 3.63) is 41.0 Å². The molecule has 0 bridgehead atoms. The molecule has 1 aliphatic rings. The maximum Gasteiger partial charge on any atom is 0.317 e. The Morgan fingerprint density at radius 3 is 3.00 bits per heavy atom. The summed E-state index contributed by atoms with van der Waals surface area (Å²) in [6.07, 6.45) is 4.91. The van der Waals surface area contributed by atoms with E-state index in [9.17, 15) is 4.79 Å². The van der Waals surface area contributed by atoms with Crippen LogP contribution in [-0.4, -0.2) is 58.6 Å². The lowest BCUT2D eigenvalue weighted by molar-refractivity contribution is -0.138. The molecule has 1 N–H and O–H groups in total. The van der Waals surface area contributed by atoms with Crippen LogP contribution in [0.5, 0.6) is 0 Å². The maximum absolute atomic E-state index is 10.9. The smallest absolute Gasteiger partial charge is 0.317 e. The van der Waals surface area contributed by atoms with Crippen molar-refractivity contribution < 1.29 is 9.90 Å². The number of carboxylic acid groups (broad SMARTS) is 1. The minimum absolute atomic E-state index is 0.108. The number of likely N-dealkylation sites (tertiary alicyclic amines) is 1. The summed E-state index contributed by atoms with van der Waals surface area (Å²) in [4.78, 5) is 19.8. The van der Waals surface area contributed by atoms with E-state index in [1.807, 2.05) is 36.3 Å². The number of benzene rings is 1. The van der Waals surface area contributed by atoms with Crippen molar-refractivity contribution in [1.29, 1.82) is 0 Å². The van der Waals surface area contributed by atoms with Gasteiger partial charge in [-0.05, 0) is 63.2 Å². The van der Waals surface area contributed by atoms with E-state index in [1.165, 1.54) is 5.56 Å². The van der Waals surface area contributed by atoms with Gasteiger partial charge in [-0.2, -0.15) is 0 Å². The van der Waals surface area contributed by atoms with Crippen LogP contribution < -0.4 is 0 Å². The number of hydrogen-bond acceptors (Lipinski definition) is 4. The second kappa shape index (κ2) is 8.13. The van der Waals surface area contributed by atoms with Crippen LogP contribution >= 0.6 is 11.6 Å². The molecule has 2 heterocycles. The van der Waals surface area contributed by atoms with Crippen molar-refractivity contribution in [3.63, 3.8) is 0 Å². The van der Waals surface area contributed by atoms with E-state index in [4.69, 9.17) is 16.7 Å². The third-order valence-corrected chi connectivity index (χ3v) is 5.32. The molecule has 0 spiro atoms. The summed E-state index contributed by atoms with van der Waals surface area (Å²) in [6.45, 7) is 2.94. The predicted molar refractivity (Wildman–Crippen MR) is 99.9 cm³/mol. The molecule has 0 aliphatic carbocycles. The molecule has 1 aromatic heterocycles. The van der Waals surface area contributed by atoms with Gasteiger partial charge in [0, 0.05) is 29.2 Å². The van der Waals surface area contributed by atoms with Gasteiger partial charge in [-0.25, -0.2) is 0 Å². The number of pyridine rings is 1. The average molecular weight is 362 g/mol. The van der Waals surface area contributed by atoms with Crippen LogP contribution in [0.1, 0.15) is 24.8 Å². The molecular formula is C19H24ClN3O2. The molecule has 0 amide bonds. The van der Waals surface area contributed by atoms with Gasteiger partial charge in [0.25, 0.3) is 0 Å². The lowest BCUT2D eigenvalue weighted by Crippen LogP contribution is -2.36. The molecule has 1 atom stereocenters. The van der Waals surface area contributed by atoms with E-state index in [0.717, 1.165) is 54.8 Å². The molecule has 6 heteroatoms. The lowest BCUT2D eigenvalue weighted by atomic mass is 10.1. The molecule has 1 aliphatic heterocycles. The van der Waals surface area contributed by atoms with Crippen molar-refractivity contribution in [3.8, 4) is 0 Å². The topological polar surface area (TPSA) is 56.7 Å². The fourth-order valence-corrected chi connectivity index (χ4v) is 3.86. The maximum atomic E-state index is 10.9. The summed E-state index contributed by atoms with van der Waals surface area (Å²) >= 11 is 6.29. The van der Waals surface area contributed by atoms with Crippen molar-refractivity contribution in [1.82, 2.24) is 14.8 Å². The third-order valence-electron chi connectivity index (χ3n) is 4.99. The van der Waals surface area contributed by atoms with Gasteiger partial charge in [0.2, 0.25) is 0 Å². The van der Waals surface area contributed by atoms with Crippen LogP contribution in [0.4, 0.5) is 0 Å². The Morgan fingerprint density at radius 2 is 2.20 bits per heavy atom. The second-order valence-corrected chi connectivity index (χ2v) is 7.18. The third kappa shape index (κ3) is 4.48. The number of carboxylic acids is 1. The average Bonchev–Trinajstić information content (AvgIpc) is 2.83. The van der Waals surface area contributed by atoms with E-state index >= 15 is 0 Å². The Morgan fingerprint density at radius 1 is 1.36 bits per heavy atom. The number of likely N-dealkylation sites (N-methyl/N-ethyl adjacent to an activating group) is 1. The Hall–Kier alpha value is -1.69. The highest BCUT2D eigenvalue weighted by atomic mass is 35.5.